The third-order valence-electron chi connectivity index (χ3n) is 0.744. The molecule has 0 aliphatic carbocycles. The second-order valence-corrected chi connectivity index (χ2v) is 1.31. The summed E-state index contributed by atoms with van der Waals surface area (Å²) < 4.78 is 4.77. The minimum absolute atomic E-state index is 0.604. The number of hydrogen-bond donors (Lipinski definition) is 0. The summed E-state index contributed by atoms with van der Waals surface area (Å²) in [5, 5.41) is 0. The summed E-state index contributed by atoms with van der Waals surface area (Å²) in [5.74, 6) is 0.604. The Morgan fingerprint density at radius 3 is 2.62 bits per heavy atom. The monoisotopic (exact) mass is 113 g/mol. The molecule has 0 aromatic heterocycles. The van der Waals surface area contributed by atoms with Gasteiger partial charge in [-0.15, -0.1) is 0 Å². The van der Waals surface area contributed by atoms with E-state index < -0.39 is 0 Å². The van der Waals surface area contributed by atoms with Crippen LogP contribution in [0.15, 0.2) is 17.0 Å². The van der Waals surface area contributed by atoms with E-state index in [1.54, 1.807) is 7.11 Å². The van der Waals surface area contributed by atoms with Gasteiger partial charge < -0.3 is 4.74 Å². The molecule has 0 bridgehead atoms. The molecule has 0 fully saturated rings. The fourth-order valence-electron chi connectivity index (χ4n) is 0.387. The quantitative estimate of drug-likeness (QED) is 0.402. The molecule has 0 atom stereocenters. The number of rotatable bonds is 3. The molecule has 0 rings (SSSR count). The van der Waals surface area contributed by atoms with Crippen LogP contribution in [0.4, 0.5) is 0 Å². The molecule has 0 amide bonds. The summed E-state index contributed by atoms with van der Waals surface area (Å²) in [6, 6.07) is 0. The summed E-state index contributed by atoms with van der Waals surface area (Å²) in [5.41, 5.74) is 0. The summed E-state index contributed by atoms with van der Waals surface area (Å²) in [7, 11) is 1.58. The molecule has 0 aliphatic heterocycles. The van der Waals surface area contributed by atoms with Crippen LogP contribution in [0, 0.1) is 0 Å². The Balaban J connectivity index is 3.66. The molecule has 46 valence electrons. The first-order valence-electron chi connectivity index (χ1n) is 2.56. The van der Waals surface area contributed by atoms with Crippen LogP contribution < -0.4 is 0 Å². The van der Waals surface area contributed by atoms with Crippen LogP contribution >= 0.6 is 0 Å². The molecule has 0 aromatic carbocycles. The molecule has 0 aliphatic rings. The third kappa shape index (κ3) is 2.39. The van der Waals surface area contributed by atoms with Crippen molar-refractivity contribution < 1.29 is 4.74 Å². The van der Waals surface area contributed by atoms with Gasteiger partial charge in [0.15, 0.2) is 0 Å². The SMILES string of the molecule is C=N/C(=C\CC)OC. The van der Waals surface area contributed by atoms with Gasteiger partial charge in [-0.05, 0) is 19.2 Å². The maximum Gasteiger partial charge on any atom is 0.208 e. The first-order chi connectivity index (χ1) is 3.85. The Morgan fingerprint density at radius 2 is 2.50 bits per heavy atom. The summed E-state index contributed by atoms with van der Waals surface area (Å²) in [4.78, 5) is 3.59. The highest BCUT2D eigenvalue weighted by Gasteiger charge is 1.82. The number of ether oxygens (including phenoxy) is 1. The van der Waals surface area contributed by atoms with E-state index >= 15 is 0 Å². The predicted octanol–water partition coefficient (Wildman–Crippen LogP) is 1.58. The second kappa shape index (κ2) is 4.37. The van der Waals surface area contributed by atoms with Crippen LogP contribution in [0.2, 0.25) is 0 Å². The average Bonchev–Trinajstić information content (AvgIpc) is 1.83. The average molecular weight is 113 g/mol. The molecule has 0 radical (unpaired) electrons. The fraction of sp³-hybridized carbons (Fsp3) is 0.500. The maximum absolute atomic E-state index is 4.77. The number of hydrogen-bond acceptors (Lipinski definition) is 2. The van der Waals surface area contributed by atoms with Crippen LogP contribution in [-0.4, -0.2) is 13.8 Å². The zero-order chi connectivity index (χ0) is 6.41. The second-order valence-electron chi connectivity index (χ2n) is 1.31. The molecular weight excluding hydrogens is 102 g/mol. The van der Waals surface area contributed by atoms with E-state index in [0.29, 0.717) is 5.88 Å². The lowest BCUT2D eigenvalue weighted by Crippen LogP contribution is -1.78. The van der Waals surface area contributed by atoms with Gasteiger partial charge in [0.2, 0.25) is 5.88 Å². The van der Waals surface area contributed by atoms with Crippen molar-refractivity contribution in [3.63, 3.8) is 0 Å². The first-order valence-corrected chi connectivity index (χ1v) is 2.56. The zero-order valence-corrected chi connectivity index (χ0v) is 5.35. The number of methoxy groups -OCH3 is 1. The summed E-state index contributed by atoms with van der Waals surface area (Å²) >= 11 is 0. The van der Waals surface area contributed by atoms with Gasteiger partial charge in [0.1, 0.15) is 0 Å². The molecule has 0 unspecified atom stereocenters. The van der Waals surface area contributed by atoms with Crippen molar-refractivity contribution in [1.29, 1.82) is 0 Å². The molecule has 2 nitrogen and oxygen atoms in total. The molecule has 0 saturated heterocycles. The Bertz CT molecular complexity index is 96.7. The van der Waals surface area contributed by atoms with Crippen molar-refractivity contribution in [2.75, 3.05) is 7.11 Å². The molecule has 0 N–H and O–H groups in total. The van der Waals surface area contributed by atoms with Gasteiger partial charge in [0.25, 0.3) is 0 Å². The zero-order valence-electron chi connectivity index (χ0n) is 5.35. The summed E-state index contributed by atoms with van der Waals surface area (Å²) in [6.07, 6.45) is 2.80. The molecule has 0 aromatic rings. The normalized spacial score (nSPS) is 11.0. The van der Waals surface area contributed by atoms with Crippen LogP contribution in [0.5, 0.6) is 0 Å². The molecule has 0 saturated carbocycles. The highest BCUT2D eigenvalue weighted by atomic mass is 16.5. The van der Waals surface area contributed by atoms with E-state index in [-0.39, 0.29) is 0 Å². The highest BCUT2D eigenvalue weighted by Crippen LogP contribution is 1.95. The van der Waals surface area contributed by atoms with E-state index in [2.05, 4.69) is 11.7 Å². The van der Waals surface area contributed by atoms with E-state index in [9.17, 15) is 0 Å². The first kappa shape index (κ1) is 7.21. The topological polar surface area (TPSA) is 21.6 Å². The van der Waals surface area contributed by atoms with Crippen molar-refractivity contribution in [1.82, 2.24) is 0 Å². The Labute approximate surface area is 49.9 Å². The van der Waals surface area contributed by atoms with Crippen LogP contribution in [0.3, 0.4) is 0 Å². The maximum atomic E-state index is 4.77. The van der Waals surface area contributed by atoms with Crippen LogP contribution in [0.25, 0.3) is 0 Å². The smallest absolute Gasteiger partial charge is 0.208 e. The number of nitrogens with zero attached hydrogens (tertiary/aromatic N) is 1. The standard InChI is InChI=1S/C6H11NO/c1-4-5-6(7-2)8-3/h5H,2,4H2,1,3H3/b6-5+. The number of aliphatic imine (C=N–C) groups is 1. The number of allylic oxidation sites excluding steroid dienone is 1. The Hall–Kier alpha value is -0.790. The van der Waals surface area contributed by atoms with Crippen molar-refractivity contribution >= 4 is 6.72 Å². The van der Waals surface area contributed by atoms with Crippen molar-refractivity contribution in [3.8, 4) is 0 Å². The fourth-order valence-corrected chi connectivity index (χ4v) is 0.387. The molecular formula is C6H11NO. The van der Waals surface area contributed by atoms with Crippen LogP contribution in [0.1, 0.15) is 13.3 Å². The molecule has 0 spiro atoms. The van der Waals surface area contributed by atoms with Gasteiger partial charge in [0, 0.05) is 0 Å². The van der Waals surface area contributed by atoms with Gasteiger partial charge >= 0.3 is 0 Å². The van der Waals surface area contributed by atoms with E-state index in [4.69, 9.17) is 4.74 Å². The van der Waals surface area contributed by atoms with Gasteiger partial charge in [-0.25, -0.2) is 4.99 Å². The third-order valence-corrected chi connectivity index (χ3v) is 0.744. The Kier molecular flexibility index (Phi) is 3.94. The molecule has 0 heterocycles. The largest absolute Gasteiger partial charge is 0.481 e. The summed E-state index contributed by atoms with van der Waals surface area (Å²) in [6.45, 7) is 5.33. The minimum Gasteiger partial charge on any atom is -0.481 e. The van der Waals surface area contributed by atoms with Crippen molar-refractivity contribution in [3.05, 3.63) is 12.0 Å². The van der Waals surface area contributed by atoms with E-state index in [0.717, 1.165) is 6.42 Å². The van der Waals surface area contributed by atoms with E-state index in [1.165, 1.54) is 0 Å². The molecule has 8 heavy (non-hydrogen) atoms. The van der Waals surface area contributed by atoms with Crippen molar-refractivity contribution in [2.24, 2.45) is 4.99 Å². The molecule has 2 heteroatoms. The lowest BCUT2D eigenvalue weighted by atomic mass is 10.4. The van der Waals surface area contributed by atoms with E-state index in [1.807, 2.05) is 13.0 Å². The minimum atomic E-state index is 0.604. The van der Waals surface area contributed by atoms with Crippen LogP contribution in [-0.2, 0) is 4.74 Å². The Morgan fingerprint density at radius 1 is 1.88 bits per heavy atom. The van der Waals surface area contributed by atoms with Gasteiger partial charge in [0.05, 0.1) is 7.11 Å². The van der Waals surface area contributed by atoms with Gasteiger partial charge in [-0.2, -0.15) is 0 Å². The van der Waals surface area contributed by atoms with Gasteiger partial charge in [-0.1, -0.05) is 6.92 Å². The lowest BCUT2D eigenvalue weighted by Gasteiger charge is -1.94. The lowest BCUT2D eigenvalue weighted by molar-refractivity contribution is 0.287. The van der Waals surface area contributed by atoms with Gasteiger partial charge in [-0.3, -0.25) is 0 Å². The van der Waals surface area contributed by atoms with Crippen molar-refractivity contribution in [2.45, 2.75) is 13.3 Å². The highest BCUT2D eigenvalue weighted by molar-refractivity contribution is 5.27. The predicted molar refractivity (Wildman–Crippen MR) is 34.9 cm³/mol.